The maximum atomic E-state index is 17.8. The van der Waals surface area contributed by atoms with Gasteiger partial charge in [-0.3, -0.25) is 9.58 Å². The average Bonchev–Trinajstić information content (AvgIpc) is 3.66. The molecule has 2 aromatic heterocycles. The monoisotopic (exact) mass is 771 g/mol. The molecule has 10 nitrogen and oxygen atoms in total. The summed E-state index contributed by atoms with van der Waals surface area (Å²) in [5, 5.41) is 17.3. The van der Waals surface area contributed by atoms with E-state index in [0.29, 0.717) is 47.4 Å². The van der Waals surface area contributed by atoms with E-state index in [0.717, 1.165) is 52.2 Å². The van der Waals surface area contributed by atoms with Crippen molar-refractivity contribution in [2.45, 2.75) is 51.6 Å². The van der Waals surface area contributed by atoms with E-state index >= 15 is 8.78 Å². The highest BCUT2D eigenvalue weighted by Crippen LogP contribution is 2.47. The average molecular weight is 772 g/mol. The van der Waals surface area contributed by atoms with Crippen molar-refractivity contribution in [2.75, 3.05) is 64.0 Å². The molecule has 2 bridgehead atoms. The molecule has 5 aromatic rings. The van der Waals surface area contributed by atoms with Crippen LogP contribution in [0.25, 0.3) is 43.7 Å². The van der Waals surface area contributed by atoms with E-state index in [9.17, 15) is 13.9 Å². The molecule has 0 aliphatic carbocycles. The number of benzene rings is 3. The van der Waals surface area contributed by atoms with Gasteiger partial charge in [0.05, 0.1) is 30.8 Å². The minimum atomic E-state index is -2.54. The molecule has 56 heavy (non-hydrogen) atoms. The molecule has 294 valence electrons. The van der Waals surface area contributed by atoms with E-state index in [2.05, 4.69) is 20.6 Å². The zero-order valence-corrected chi connectivity index (χ0v) is 31.7. The summed E-state index contributed by atoms with van der Waals surface area (Å²) in [4.78, 5) is 16.7. The lowest BCUT2D eigenvalue weighted by Gasteiger charge is -2.45. The molecule has 4 saturated heterocycles. The second-order valence-corrected chi connectivity index (χ2v) is 16.4. The Bertz CT molecular complexity index is 2380. The van der Waals surface area contributed by atoms with Gasteiger partial charge in [0.15, 0.2) is 5.82 Å². The first kappa shape index (κ1) is 36.9. The van der Waals surface area contributed by atoms with Gasteiger partial charge >= 0.3 is 6.01 Å². The SMILES string of the molecule is C#Cc1c(F)ccc2cc(O)cc(-c3c(F)c4nc(OC[C@]5(C)CN(CC)CC[C@@H]5C(F)F)nc(N5[C@@H]6CC[C@H]5CN(CC5COC5)C6)c4c4cn(C)nc34)c12. The highest BCUT2D eigenvalue weighted by Gasteiger charge is 2.46. The van der Waals surface area contributed by atoms with Gasteiger partial charge in [-0.05, 0) is 61.5 Å². The molecule has 6 heterocycles. The van der Waals surface area contributed by atoms with Gasteiger partial charge in [-0.1, -0.05) is 25.8 Å². The molecule has 1 N–H and O–H groups in total. The molecule has 9 rings (SSSR count). The maximum Gasteiger partial charge on any atom is 0.319 e. The van der Waals surface area contributed by atoms with Crippen LogP contribution in [-0.4, -0.2) is 112 Å². The molecule has 4 aliphatic heterocycles. The number of halogens is 4. The molecule has 4 atom stereocenters. The molecule has 0 unspecified atom stereocenters. The fourth-order valence-corrected chi connectivity index (χ4v) is 9.87. The Morgan fingerprint density at radius 3 is 2.50 bits per heavy atom. The van der Waals surface area contributed by atoms with Gasteiger partial charge in [0, 0.05) is 85.1 Å². The Hall–Kier alpha value is -4.71. The number of hydrogen-bond acceptors (Lipinski definition) is 9. The number of phenols is 1. The number of aromatic nitrogens is 4. The number of likely N-dealkylation sites (tertiary alicyclic amines) is 2. The summed E-state index contributed by atoms with van der Waals surface area (Å²) >= 11 is 0. The van der Waals surface area contributed by atoms with Crippen LogP contribution in [-0.2, 0) is 11.8 Å². The van der Waals surface area contributed by atoms with Crippen LogP contribution in [0.1, 0.15) is 38.7 Å². The molecular formula is C42H45F4N7O3. The fourth-order valence-electron chi connectivity index (χ4n) is 9.87. The largest absolute Gasteiger partial charge is 0.508 e. The van der Waals surface area contributed by atoms with Crippen LogP contribution in [0.15, 0.2) is 30.5 Å². The molecule has 4 aliphatic rings. The van der Waals surface area contributed by atoms with Crippen LogP contribution in [0, 0.1) is 41.2 Å². The van der Waals surface area contributed by atoms with Gasteiger partial charge in [-0.25, -0.2) is 17.6 Å². The maximum absolute atomic E-state index is 17.8. The molecule has 14 heteroatoms. The zero-order valence-electron chi connectivity index (χ0n) is 31.7. The van der Waals surface area contributed by atoms with Crippen LogP contribution >= 0.6 is 0 Å². The molecule has 0 saturated carbocycles. The van der Waals surface area contributed by atoms with E-state index in [-0.39, 0.29) is 63.6 Å². The van der Waals surface area contributed by atoms with Crippen molar-refractivity contribution in [1.82, 2.24) is 29.5 Å². The Morgan fingerprint density at radius 2 is 1.82 bits per heavy atom. The van der Waals surface area contributed by atoms with Crippen LogP contribution < -0.4 is 9.64 Å². The Morgan fingerprint density at radius 1 is 1.05 bits per heavy atom. The van der Waals surface area contributed by atoms with Gasteiger partial charge < -0.3 is 24.4 Å². The summed E-state index contributed by atoms with van der Waals surface area (Å²) in [7, 11) is 1.73. The van der Waals surface area contributed by atoms with Crippen molar-refractivity contribution in [3.8, 4) is 35.2 Å². The Kier molecular flexibility index (Phi) is 9.25. The lowest BCUT2D eigenvalue weighted by molar-refractivity contribution is -0.0721. The highest BCUT2D eigenvalue weighted by atomic mass is 19.3. The molecule has 4 fully saturated rings. The molecule has 0 amide bonds. The van der Waals surface area contributed by atoms with E-state index in [1.165, 1.54) is 24.3 Å². The van der Waals surface area contributed by atoms with E-state index in [1.807, 2.05) is 13.8 Å². The van der Waals surface area contributed by atoms with Crippen molar-refractivity contribution in [3.63, 3.8) is 0 Å². The number of anilines is 1. The first-order chi connectivity index (χ1) is 27.0. The number of phenolic OH excluding ortho intramolecular Hbond substituents is 1. The smallest absolute Gasteiger partial charge is 0.319 e. The van der Waals surface area contributed by atoms with Crippen molar-refractivity contribution in [3.05, 3.63) is 47.7 Å². The number of fused-ring (bicyclic) bond motifs is 6. The first-order valence-electron chi connectivity index (χ1n) is 19.5. The van der Waals surface area contributed by atoms with Crippen molar-refractivity contribution >= 4 is 38.4 Å². The summed E-state index contributed by atoms with van der Waals surface area (Å²) in [5.74, 6) is 0.911. The van der Waals surface area contributed by atoms with E-state index in [1.54, 1.807) is 17.9 Å². The number of piperidine rings is 1. The number of aromatic hydroxyl groups is 1. The van der Waals surface area contributed by atoms with E-state index in [4.69, 9.17) is 31.0 Å². The van der Waals surface area contributed by atoms with Crippen molar-refractivity contribution < 1.29 is 32.1 Å². The summed E-state index contributed by atoms with van der Waals surface area (Å²) in [6.07, 6.45) is 7.23. The number of piperazine rings is 1. The first-order valence-corrected chi connectivity index (χ1v) is 19.5. The third-order valence-electron chi connectivity index (χ3n) is 12.6. The Balaban J connectivity index is 1.25. The second-order valence-electron chi connectivity index (χ2n) is 16.4. The standard InChI is InChI=1S/C42H45F4N7O3/c1-5-28-32(43)10-7-24-13-27(54)14-29(33(24)28)34-36(44)38-35(30-18-50(4)49-37(30)34)40(53-25-8-9-26(53)17-52(16-25)15-23-19-55-20-23)48-41(47-38)56-22-42(3)21-51(6-2)12-11-31(42)39(45)46/h1,7,10,13-14,18,23,25-26,31,39,54H,6,8-9,11-12,15-17,19-22H2,2-4H3/t25-,26+,31-,42+/m1/s1. The van der Waals surface area contributed by atoms with Crippen molar-refractivity contribution in [2.24, 2.45) is 24.3 Å². The van der Waals surface area contributed by atoms with Crippen LogP contribution in [0.2, 0.25) is 0 Å². The number of hydrogen-bond donors (Lipinski definition) is 1. The quantitative estimate of drug-likeness (QED) is 0.132. The van der Waals surface area contributed by atoms with Crippen LogP contribution in [0.3, 0.4) is 0 Å². The van der Waals surface area contributed by atoms with E-state index < -0.39 is 29.4 Å². The zero-order chi connectivity index (χ0) is 39.0. The third kappa shape index (κ3) is 6.10. The topological polar surface area (TPSA) is 92.0 Å². The minimum Gasteiger partial charge on any atom is -0.508 e. The van der Waals surface area contributed by atoms with Gasteiger partial charge in [0.2, 0.25) is 6.43 Å². The predicted octanol–water partition coefficient (Wildman–Crippen LogP) is 6.59. The number of rotatable bonds is 9. The number of nitrogens with zero attached hydrogens (tertiary/aromatic N) is 7. The molecular weight excluding hydrogens is 726 g/mol. The molecule has 3 aromatic carbocycles. The van der Waals surface area contributed by atoms with Gasteiger partial charge in [-0.2, -0.15) is 15.1 Å². The number of alkyl halides is 2. The third-order valence-corrected chi connectivity index (χ3v) is 12.6. The summed E-state index contributed by atoms with van der Waals surface area (Å²) < 4.78 is 75.5. The van der Waals surface area contributed by atoms with Crippen molar-refractivity contribution in [1.29, 1.82) is 0 Å². The number of ether oxygens (including phenoxy) is 2. The lowest BCUT2D eigenvalue weighted by atomic mass is 9.73. The van der Waals surface area contributed by atoms with Gasteiger partial charge in [-0.15, -0.1) is 6.42 Å². The summed E-state index contributed by atoms with van der Waals surface area (Å²) in [6.45, 7) is 9.48. The normalized spacial score (nSPS) is 24.8. The predicted molar refractivity (Wildman–Crippen MR) is 206 cm³/mol. The minimum absolute atomic E-state index is 0.0159. The van der Waals surface area contributed by atoms with Gasteiger partial charge in [0.1, 0.15) is 28.4 Å². The summed E-state index contributed by atoms with van der Waals surface area (Å²) in [6, 6.07) is 5.55. The number of terminal acetylenes is 1. The second kappa shape index (κ2) is 14.0. The van der Waals surface area contributed by atoms with Crippen LogP contribution in [0.4, 0.5) is 23.4 Å². The van der Waals surface area contributed by atoms with Gasteiger partial charge in [0.25, 0.3) is 0 Å². The lowest BCUT2D eigenvalue weighted by Crippen LogP contribution is -2.56. The fraction of sp³-hybridized carbons (Fsp3) is 0.500. The molecule has 0 radical (unpaired) electrons. The Labute approximate surface area is 322 Å². The number of aryl methyl sites for hydroxylation is 1. The summed E-state index contributed by atoms with van der Waals surface area (Å²) in [5.41, 5.74) is -0.659. The van der Waals surface area contributed by atoms with Crippen LogP contribution in [0.5, 0.6) is 11.8 Å². The molecule has 0 spiro atoms. The highest BCUT2D eigenvalue weighted by molar-refractivity contribution is 6.18.